The Morgan fingerprint density at radius 1 is 1.05 bits per heavy atom. The summed E-state index contributed by atoms with van der Waals surface area (Å²) in [6, 6.07) is 16.0. The van der Waals surface area contributed by atoms with Crippen molar-refractivity contribution in [2.75, 3.05) is 7.11 Å². The number of H-pyrrole nitrogens is 1. The van der Waals surface area contributed by atoms with E-state index >= 15 is 0 Å². The molecule has 3 heteroatoms. The molecule has 0 amide bonds. The van der Waals surface area contributed by atoms with E-state index in [2.05, 4.69) is 29.2 Å². The molecule has 0 saturated heterocycles. The number of ether oxygens (including phenoxy) is 1. The van der Waals surface area contributed by atoms with Gasteiger partial charge < -0.3 is 9.72 Å². The Hall–Kier alpha value is -2.55. The molecule has 0 fully saturated rings. The molecule has 0 radical (unpaired) electrons. The van der Waals surface area contributed by atoms with Gasteiger partial charge in [0.1, 0.15) is 0 Å². The van der Waals surface area contributed by atoms with E-state index in [1.807, 2.05) is 38.2 Å². The number of methoxy groups -OCH3 is 1. The van der Waals surface area contributed by atoms with Gasteiger partial charge in [0.2, 0.25) is 0 Å². The van der Waals surface area contributed by atoms with E-state index in [9.17, 15) is 4.79 Å². The summed E-state index contributed by atoms with van der Waals surface area (Å²) in [5.74, 6) is -0.299. The second-order valence-electron chi connectivity index (χ2n) is 4.77. The van der Waals surface area contributed by atoms with Crippen molar-refractivity contribution in [3.63, 3.8) is 0 Å². The van der Waals surface area contributed by atoms with Gasteiger partial charge in [-0.25, -0.2) is 4.79 Å². The SMILES string of the molecule is CC.COC(=O)c1cccc(Cc2ccc3cc[nH]c3c2)c1. The molecule has 3 nitrogen and oxygen atoms in total. The van der Waals surface area contributed by atoms with Gasteiger partial charge >= 0.3 is 5.97 Å². The predicted molar refractivity (Wildman–Crippen MR) is 90.2 cm³/mol. The van der Waals surface area contributed by atoms with Crippen LogP contribution in [0.3, 0.4) is 0 Å². The smallest absolute Gasteiger partial charge is 0.337 e. The van der Waals surface area contributed by atoms with Crippen LogP contribution in [-0.2, 0) is 11.2 Å². The fourth-order valence-corrected chi connectivity index (χ4v) is 2.37. The molecular formula is C19H21NO2. The highest BCUT2D eigenvalue weighted by atomic mass is 16.5. The van der Waals surface area contributed by atoms with E-state index in [0.717, 1.165) is 17.5 Å². The van der Waals surface area contributed by atoms with Crippen LogP contribution in [-0.4, -0.2) is 18.1 Å². The zero-order valence-corrected chi connectivity index (χ0v) is 13.2. The zero-order valence-electron chi connectivity index (χ0n) is 13.2. The largest absolute Gasteiger partial charge is 0.465 e. The zero-order chi connectivity index (χ0) is 15.9. The van der Waals surface area contributed by atoms with Gasteiger partial charge in [0.15, 0.2) is 0 Å². The number of carbonyl (C=O) groups is 1. The van der Waals surface area contributed by atoms with Crippen molar-refractivity contribution in [1.29, 1.82) is 0 Å². The standard InChI is InChI=1S/C17H15NO2.C2H6/c1-20-17(19)15-4-2-3-12(10-15)9-13-5-6-14-7-8-18-16(14)11-13;1-2/h2-8,10-11,18H,9H2,1H3;1-2H3. The minimum absolute atomic E-state index is 0.299. The Labute approximate surface area is 130 Å². The number of hydrogen-bond donors (Lipinski definition) is 1. The van der Waals surface area contributed by atoms with Gasteiger partial charge in [0.05, 0.1) is 12.7 Å². The Balaban J connectivity index is 0.000000847. The van der Waals surface area contributed by atoms with Gasteiger partial charge in [-0.2, -0.15) is 0 Å². The van der Waals surface area contributed by atoms with Crippen LogP contribution in [0.1, 0.15) is 35.3 Å². The van der Waals surface area contributed by atoms with Crippen molar-refractivity contribution in [2.24, 2.45) is 0 Å². The minimum Gasteiger partial charge on any atom is -0.465 e. The molecule has 0 atom stereocenters. The van der Waals surface area contributed by atoms with Crippen LogP contribution in [0.5, 0.6) is 0 Å². The van der Waals surface area contributed by atoms with Gasteiger partial charge in [-0.15, -0.1) is 0 Å². The number of rotatable bonds is 3. The number of nitrogens with one attached hydrogen (secondary N) is 1. The van der Waals surface area contributed by atoms with Gasteiger partial charge in [0.25, 0.3) is 0 Å². The molecule has 0 unspecified atom stereocenters. The summed E-state index contributed by atoms with van der Waals surface area (Å²) in [7, 11) is 1.40. The molecule has 0 aliphatic carbocycles. The second-order valence-corrected chi connectivity index (χ2v) is 4.77. The molecule has 22 heavy (non-hydrogen) atoms. The van der Waals surface area contributed by atoms with Crippen molar-refractivity contribution in [1.82, 2.24) is 4.98 Å². The Bertz CT molecular complexity index is 759. The maximum absolute atomic E-state index is 11.5. The lowest BCUT2D eigenvalue weighted by molar-refractivity contribution is 0.0600. The first-order chi connectivity index (χ1) is 10.8. The van der Waals surface area contributed by atoms with Gasteiger partial charge in [0, 0.05) is 11.7 Å². The number of fused-ring (bicyclic) bond motifs is 1. The van der Waals surface area contributed by atoms with Crippen molar-refractivity contribution in [3.05, 3.63) is 71.4 Å². The number of hydrogen-bond acceptors (Lipinski definition) is 2. The lowest BCUT2D eigenvalue weighted by Crippen LogP contribution is -2.01. The first-order valence-electron chi connectivity index (χ1n) is 7.49. The third kappa shape index (κ3) is 3.55. The molecule has 0 bridgehead atoms. The minimum atomic E-state index is -0.299. The molecule has 0 aliphatic heterocycles. The van der Waals surface area contributed by atoms with Gasteiger partial charge in [-0.05, 0) is 47.2 Å². The normalized spacial score (nSPS) is 9.95. The van der Waals surface area contributed by atoms with Crippen LogP contribution >= 0.6 is 0 Å². The Morgan fingerprint density at radius 3 is 2.59 bits per heavy atom. The average Bonchev–Trinajstić information content (AvgIpc) is 3.04. The summed E-state index contributed by atoms with van der Waals surface area (Å²) in [6.07, 6.45) is 2.73. The Kier molecular flexibility index (Phi) is 5.37. The summed E-state index contributed by atoms with van der Waals surface area (Å²) in [5.41, 5.74) is 4.03. The fraction of sp³-hybridized carbons (Fsp3) is 0.211. The van der Waals surface area contributed by atoms with Gasteiger partial charge in [-0.1, -0.05) is 38.1 Å². The van der Waals surface area contributed by atoms with E-state index < -0.39 is 0 Å². The second kappa shape index (κ2) is 7.46. The van der Waals surface area contributed by atoms with E-state index in [4.69, 9.17) is 4.74 Å². The first-order valence-corrected chi connectivity index (χ1v) is 7.49. The molecule has 0 aliphatic rings. The number of carbonyl (C=O) groups excluding carboxylic acids is 1. The van der Waals surface area contributed by atoms with Crippen LogP contribution in [0.2, 0.25) is 0 Å². The molecule has 114 valence electrons. The van der Waals surface area contributed by atoms with Gasteiger partial charge in [-0.3, -0.25) is 0 Å². The number of aromatic amines is 1. The topological polar surface area (TPSA) is 42.1 Å². The quantitative estimate of drug-likeness (QED) is 0.719. The van der Waals surface area contributed by atoms with Crippen molar-refractivity contribution in [3.8, 4) is 0 Å². The lowest BCUT2D eigenvalue weighted by atomic mass is 10.0. The molecule has 2 aromatic carbocycles. The van der Waals surface area contributed by atoms with E-state index in [0.29, 0.717) is 5.56 Å². The molecule has 1 aromatic heterocycles. The fourth-order valence-electron chi connectivity index (χ4n) is 2.37. The molecule has 3 aromatic rings. The summed E-state index contributed by atoms with van der Waals surface area (Å²) in [4.78, 5) is 14.7. The van der Waals surface area contributed by atoms with Crippen molar-refractivity contribution >= 4 is 16.9 Å². The average molecular weight is 295 g/mol. The summed E-state index contributed by atoms with van der Waals surface area (Å²) < 4.78 is 4.74. The van der Waals surface area contributed by atoms with Crippen LogP contribution in [0, 0.1) is 0 Å². The predicted octanol–water partition coefficient (Wildman–Crippen LogP) is 4.57. The van der Waals surface area contributed by atoms with E-state index in [1.54, 1.807) is 6.07 Å². The Morgan fingerprint density at radius 2 is 1.82 bits per heavy atom. The molecule has 1 heterocycles. The summed E-state index contributed by atoms with van der Waals surface area (Å²) >= 11 is 0. The highest BCUT2D eigenvalue weighted by molar-refractivity contribution is 5.89. The first kappa shape index (κ1) is 15.8. The van der Waals surface area contributed by atoms with Crippen molar-refractivity contribution in [2.45, 2.75) is 20.3 Å². The highest BCUT2D eigenvalue weighted by Crippen LogP contribution is 2.17. The maximum Gasteiger partial charge on any atom is 0.337 e. The van der Waals surface area contributed by atoms with Crippen LogP contribution < -0.4 is 0 Å². The van der Waals surface area contributed by atoms with E-state index in [1.165, 1.54) is 18.1 Å². The summed E-state index contributed by atoms with van der Waals surface area (Å²) in [6.45, 7) is 4.00. The molecule has 1 N–H and O–H groups in total. The van der Waals surface area contributed by atoms with E-state index in [-0.39, 0.29) is 5.97 Å². The maximum atomic E-state index is 11.5. The number of esters is 1. The van der Waals surface area contributed by atoms with Crippen LogP contribution in [0.15, 0.2) is 54.7 Å². The molecule has 0 saturated carbocycles. The highest BCUT2D eigenvalue weighted by Gasteiger charge is 2.06. The monoisotopic (exact) mass is 295 g/mol. The summed E-state index contributed by atoms with van der Waals surface area (Å²) in [5, 5.41) is 1.21. The third-order valence-corrected chi connectivity index (χ3v) is 3.38. The number of benzene rings is 2. The van der Waals surface area contributed by atoms with Crippen molar-refractivity contribution < 1.29 is 9.53 Å². The van der Waals surface area contributed by atoms with Crippen LogP contribution in [0.25, 0.3) is 10.9 Å². The lowest BCUT2D eigenvalue weighted by Gasteiger charge is -2.05. The molecule has 3 rings (SSSR count). The molecular weight excluding hydrogens is 274 g/mol. The number of aromatic nitrogens is 1. The van der Waals surface area contributed by atoms with Crippen LogP contribution in [0.4, 0.5) is 0 Å². The molecule has 0 spiro atoms. The third-order valence-electron chi connectivity index (χ3n) is 3.38.